The zero-order chi connectivity index (χ0) is 20.0. The van der Waals surface area contributed by atoms with E-state index < -0.39 is 27.3 Å². The Morgan fingerprint density at radius 2 is 1.39 bits per heavy atom. The molecule has 0 aliphatic carbocycles. The maximum atomic E-state index is 12.9. The van der Waals surface area contributed by atoms with Crippen LogP contribution in [0.1, 0.15) is 0 Å². The highest BCUT2D eigenvalue weighted by Gasteiger charge is 2.19. The van der Waals surface area contributed by atoms with Crippen LogP contribution in [-0.4, -0.2) is 20.1 Å². The van der Waals surface area contributed by atoms with Crippen molar-refractivity contribution in [1.29, 1.82) is 0 Å². The molecule has 8 heteroatoms. The number of anilines is 1. The SMILES string of the molecule is O=C(CS(=O)(=O)c1ccc(F)cc1)Nc1ccc(N=Nc2ccccc2)cc1. The molecule has 6 nitrogen and oxygen atoms in total. The van der Waals surface area contributed by atoms with Gasteiger partial charge < -0.3 is 5.32 Å². The Bertz CT molecular complexity index is 1080. The molecule has 3 aromatic rings. The number of hydrogen-bond acceptors (Lipinski definition) is 5. The molecule has 0 aliphatic rings. The molecule has 28 heavy (non-hydrogen) atoms. The summed E-state index contributed by atoms with van der Waals surface area (Å²) >= 11 is 0. The van der Waals surface area contributed by atoms with E-state index in [1.807, 2.05) is 30.3 Å². The highest BCUT2D eigenvalue weighted by Crippen LogP contribution is 2.20. The first-order valence-electron chi connectivity index (χ1n) is 8.27. The van der Waals surface area contributed by atoms with Crippen LogP contribution in [0.4, 0.5) is 21.5 Å². The summed E-state index contributed by atoms with van der Waals surface area (Å²) in [7, 11) is -3.86. The van der Waals surface area contributed by atoms with Gasteiger partial charge in [0.25, 0.3) is 0 Å². The first kappa shape index (κ1) is 19.4. The van der Waals surface area contributed by atoms with Gasteiger partial charge in [-0.15, -0.1) is 0 Å². The molecular weight excluding hydrogens is 381 g/mol. The van der Waals surface area contributed by atoms with Crippen molar-refractivity contribution in [2.75, 3.05) is 11.1 Å². The summed E-state index contributed by atoms with van der Waals surface area (Å²) in [6, 6.07) is 20.1. The highest BCUT2D eigenvalue weighted by atomic mass is 32.2. The molecule has 0 radical (unpaired) electrons. The summed E-state index contributed by atoms with van der Waals surface area (Å²) in [4.78, 5) is 11.9. The van der Waals surface area contributed by atoms with Gasteiger partial charge in [0.1, 0.15) is 11.6 Å². The highest BCUT2D eigenvalue weighted by molar-refractivity contribution is 7.92. The van der Waals surface area contributed by atoms with Crippen LogP contribution in [-0.2, 0) is 14.6 Å². The van der Waals surface area contributed by atoms with Crippen LogP contribution in [0, 0.1) is 5.82 Å². The van der Waals surface area contributed by atoms with Crippen LogP contribution >= 0.6 is 0 Å². The number of nitrogens with one attached hydrogen (secondary N) is 1. The number of azo groups is 1. The Kier molecular flexibility index (Phi) is 5.90. The molecule has 0 heterocycles. The van der Waals surface area contributed by atoms with E-state index in [2.05, 4.69) is 15.5 Å². The molecule has 0 unspecified atom stereocenters. The third-order valence-corrected chi connectivity index (χ3v) is 5.31. The lowest BCUT2D eigenvalue weighted by atomic mass is 10.3. The van der Waals surface area contributed by atoms with E-state index in [4.69, 9.17) is 0 Å². The Labute approximate surface area is 161 Å². The topological polar surface area (TPSA) is 88.0 Å². The van der Waals surface area contributed by atoms with Crippen molar-refractivity contribution in [1.82, 2.24) is 0 Å². The van der Waals surface area contributed by atoms with Crippen LogP contribution in [0.15, 0.2) is 94.0 Å². The predicted molar refractivity (Wildman–Crippen MR) is 104 cm³/mol. The van der Waals surface area contributed by atoms with Gasteiger partial charge in [-0.2, -0.15) is 10.2 Å². The van der Waals surface area contributed by atoms with Crippen LogP contribution in [0.3, 0.4) is 0 Å². The summed E-state index contributed by atoms with van der Waals surface area (Å²) < 4.78 is 37.3. The van der Waals surface area contributed by atoms with Crippen molar-refractivity contribution in [3.8, 4) is 0 Å². The molecule has 0 fully saturated rings. The number of benzene rings is 3. The zero-order valence-corrected chi connectivity index (χ0v) is 15.4. The van der Waals surface area contributed by atoms with Crippen LogP contribution < -0.4 is 5.32 Å². The number of rotatable bonds is 6. The van der Waals surface area contributed by atoms with Gasteiger partial charge in [-0.05, 0) is 60.7 Å². The smallest absolute Gasteiger partial charge is 0.239 e. The Balaban J connectivity index is 1.61. The summed E-state index contributed by atoms with van der Waals surface area (Å²) in [5.41, 5.74) is 1.73. The fourth-order valence-electron chi connectivity index (χ4n) is 2.32. The molecule has 0 aromatic heterocycles. The van der Waals surface area contributed by atoms with E-state index in [0.29, 0.717) is 17.1 Å². The predicted octanol–water partition coefficient (Wildman–Crippen LogP) is 4.65. The second kappa shape index (κ2) is 8.53. The van der Waals surface area contributed by atoms with Crippen LogP contribution in [0.5, 0.6) is 0 Å². The fourth-order valence-corrected chi connectivity index (χ4v) is 3.45. The Morgan fingerprint density at radius 1 is 0.821 bits per heavy atom. The number of carbonyl (C=O) groups is 1. The van der Waals surface area contributed by atoms with Gasteiger partial charge in [-0.25, -0.2) is 12.8 Å². The Hall–Kier alpha value is -3.39. The standard InChI is InChI=1S/C20H16FN3O3S/c21-15-6-12-19(13-7-15)28(26,27)14-20(25)22-16-8-10-18(11-9-16)24-23-17-4-2-1-3-5-17/h1-13H,14H2,(H,22,25). The average molecular weight is 397 g/mol. The lowest BCUT2D eigenvalue weighted by molar-refractivity contribution is -0.113. The van der Waals surface area contributed by atoms with Gasteiger partial charge in [0.05, 0.1) is 16.3 Å². The summed E-state index contributed by atoms with van der Waals surface area (Å²) in [5.74, 6) is -1.98. The van der Waals surface area contributed by atoms with E-state index in [0.717, 1.165) is 24.3 Å². The second-order valence-electron chi connectivity index (χ2n) is 5.84. The first-order chi connectivity index (χ1) is 13.4. The van der Waals surface area contributed by atoms with E-state index in [1.54, 1.807) is 24.3 Å². The van der Waals surface area contributed by atoms with Gasteiger partial charge in [-0.1, -0.05) is 18.2 Å². The number of hydrogen-bond donors (Lipinski definition) is 1. The largest absolute Gasteiger partial charge is 0.325 e. The van der Waals surface area contributed by atoms with Crippen molar-refractivity contribution < 1.29 is 17.6 Å². The minimum atomic E-state index is -3.86. The fraction of sp³-hybridized carbons (Fsp3) is 0.0500. The number of carbonyl (C=O) groups excluding carboxylic acids is 1. The molecule has 0 atom stereocenters. The molecular formula is C20H16FN3O3S. The lowest BCUT2D eigenvalue weighted by Gasteiger charge is -2.07. The quantitative estimate of drug-likeness (QED) is 0.485. The average Bonchev–Trinajstić information content (AvgIpc) is 2.68. The molecule has 1 amide bonds. The van der Waals surface area contributed by atoms with Crippen LogP contribution in [0.2, 0.25) is 0 Å². The van der Waals surface area contributed by atoms with Crippen LogP contribution in [0.25, 0.3) is 0 Å². The normalized spacial score (nSPS) is 11.5. The summed E-state index contributed by atoms with van der Waals surface area (Å²) in [6.07, 6.45) is 0. The number of amides is 1. The molecule has 0 bridgehead atoms. The van der Waals surface area contributed by atoms with Gasteiger partial charge in [-0.3, -0.25) is 4.79 Å². The van der Waals surface area contributed by atoms with E-state index in [1.165, 1.54) is 0 Å². The third kappa shape index (κ3) is 5.31. The minimum absolute atomic E-state index is 0.110. The summed E-state index contributed by atoms with van der Waals surface area (Å²) in [5, 5.41) is 10.7. The maximum Gasteiger partial charge on any atom is 0.239 e. The maximum absolute atomic E-state index is 12.9. The lowest BCUT2D eigenvalue weighted by Crippen LogP contribution is -2.23. The number of sulfone groups is 1. The number of nitrogens with zero attached hydrogens (tertiary/aromatic N) is 2. The molecule has 142 valence electrons. The minimum Gasteiger partial charge on any atom is -0.325 e. The first-order valence-corrected chi connectivity index (χ1v) is 9.93. The van der Waals surface area contributed by atoms with Gasteiger partial charge in [0.15, 0.2) is 9.84 Å². The molecule has 1 N–H and O–H groups in total. The number of halogens is 1. The van der Waals surface area contributed by atoms with E-state index in [9.17, 15) is 17.6 Å². The zero-order valence-electron chi connectivity index (χ0n) is 14.6. The van der Waals surface area contributed by atoms with Crippen molar-refractivity contribution in [2.24, 2.45) is 10.2 Å². The molecule has 0 spiro atoms. The molecule has 3 aromatic carbocycles. The van der Waals surface area contributed by atoms with E-state index in [-0.39, 0.29) is 4.90 Å². The summed E-state index contributed by atoms with van der Waals surface area (Å²) in [6.45, 7) is 0. The van der Waals surface area contributed by atoms with Crippen molar-refractivity contribution in [2.45, 2.75) is 4.90 Å². The monoisotopic (exact) mass is 397 g/mol. The Morgan fingerprint density at radius 3 is 2.00 bits per heavy atom. The van der Waals surface area contributed by atoms with Gasteiger partial charge in [0, 0.05) is 5.69 Å². The third-order valence-electron chi connectivity index (χ3n) is 3.68. The molecule has 0 saturated carbocycles. The molecule has 0 aliphatic heterocycles. The van der Waals surface area contributed by atoms with Gasteiger partial charge >= 0.3 is 0 Å². The molecule has 3 rings (SSSR count). The van der Waals surface area contributed by atoms with Gasteiger partial charge in [0.2, 0.25) is 5.91 Å². The van der Waals surface area contributed by atoms with Crippen molar-refractivity contribution in [3.05, 3.63) is 84.7 Å². The van der Waals surface area contributed by atoms with Crippen molar-refractivity contribution in [3.63, 3.8) is 0 Å². The van der Waals surface area contributed by atoms with E-state index >= 15 is 0 Å². The second-order valence-corrected chi connectivity index (χ2v) is 7.83. The molecule has 0 saturated heterocycles. The van der Waals surface area contributed by atoms with Crippen molar-refractivity contribution >= 4 is 32.8 Å².